The van der Waals surface area contributed by atoms with Crippen LogP contribution < -0.4 is 10.6 Å². The summed E-state index contributed by atoms with van der Waals surface area (Å²) in [6.45, 7) is 5.30. The molecule has 2 N–H and O–H groups in total. The highest BCUT2D eigenvalue weighted by Gasteiger charge is 2.22. The van der Waals surface area contributed by atoms with Crippen molar-refractivity contribution in [1.29, 1.82) is 0 Å². The molecule has 1 amide bonds. The Bertz CT molecular complexity index is 948. The molecule has 5 rings (SSSR count). The minimum atomic E-state index is 0.0211. The normalized spacial score (nSPS) is 20.6. The SMILES string of the molecule is O=C(NC1CCc2cc(CNCC3CCOCC3)ccc2C1)c1ccc(COCC2CC2)cc1. The maximum atomic E-state index is 12.8. The number of ether oxygens (including phenoxy) is 2. The Morgan fingerprint density at radius 2 is 1.71 bits per heavy atom. The van der Waals surface area contributed by atoms with Crippen molar-refractivity contribution in [1.82, 2.24) is 10.6 Å². The molecule has 1 saturated carbocycles. The van der Waals surface area contributed by atoms with E-state index in [-0.39, 0.29) is 11.9 Å². The Morgan fingerprint density at radius 1 is 0.912 bits per heavy atom. The quantitative estimate of drug-likeness (QED) is 0.549. The largest absolute Gasteiger partial charge is 0.381 e. The average Bonchev–Trinajstić information content (AvgIpc) is 3.70. The lowest BCUT2D eigenvalue weighted by Crippen LogP contribution is -2.38. The first kappa shape index (κ1) is 23.5. The fraction of sp³-hybridized carbons (Fsp3) is 0.552. The monoisotopic (exact) mass is 462 g/mol. The number of rotatable bonds is 10. The molecule has 5 nitrogen and oxygen atoms in total. The van der Waals surface area contributed by atoms with Crippen molar-refractivity contribution < 1.29 is 14.3 Å². The molecular formula is C29H38N2O3. The molecule has 0 radical (unpaired) electrons. The zero-order valence-electron chi connectivity index (χ0n) is 20.2. The van der Waals surface area contributed by atoms with Crippen molar-refractivity contribution >= 4 is 5.91 Å². The predicted molar refractivity (Wildman–Crippen MR) is 134 cm³/mol. The zero-order valence-corrected chi connectivity index (χ0v) is 20.2. The van der Waals surface area contributed by atoms with Gasteiger partial charge in [-0.1, -0.05) is 30.3 Å². The molecule has 1 saturated heterocycles. The van der Waals surface area contributed by atoms with Crippen LogP contribution in [0.15, 0.2) is 42.5 Å². The third-order valence-corrected chi connectivity index (χ3v) is 7.47. The van der Waals surface area contributed by atoms with Crippen molar-refractivity contribution in [3.63, 3.8) is 0 Å². The lowest BCUT2D eigenvalue weighted by Gasteiger charge is -2.26. The van der Waals surface area contributed by atoms with E-state index in [0.29, 0.717) is 6.61 Å². The fourth-order valence-electron chi connectivity index (χ4n) is 5.06. The number of aryl methyl sites for hydroxylation is 1. The van der Waals surface area contributed by atoms with Crippen LogP contribution in [0.1, 0.15) is 64.7 Å². The number of carbonyl (C=O) groups excluding carboxylic acids is 1. The maximum absolute atomic E-state index is 12.8. The Kier molecular flexibility index (Phi) is 7.94. The van der Waals surface area contributed by atoms with E-state index in [1.165, 1.54) is 42.4 Å². The summed E-state index contributed by atoms with van der Waals surface area (Å²) in [6.07, 6.45) is 7.87. The molecule has 3 aliphatic rings. The highest BCUT2D eigenvalue weighted by Crippen LogP contribution is 2.29. The molecule has 2 aliphatic carbocycles. The van der Waals surface area contributed by atoms with Crippen molar-refractivity contribution in [3.8, 4) is 0 Å². The summed E-state index contributed by atoms with van der Waals surface area (Å²) in [5, 5.41) is 6.89. The van der Waals surface area contributed by atoms with E-state index >= 15 is 0 Å². The van der Waals surface area contributed by atoms with Gasteiger partial charge in [-0.15, -0.1) is 0 Å². The number of carbonyl (C=O) groups is 1. The van der Waals surface area contributed by atoms with Crippen molar-refractivity contribution in [2.45, 2.75) is 64.1 Å². The predicted octanol–water partition coefficient (Wildman–Crippen LogP) is 4.42. The smallest absolute Gasteiger partial charge is 0.251 e. The number of nitrogens with one attached hydrogen (secondary N) is 2. The number of benzene rings is 2. The molecule has 34 heavy (non-hydrogen) atoms. The summed E-state index contributed by atoms with van der Waals surface area (Å²) in [5.74, 6) is 1.54. The van der Waals surface area contributed by atoms with E-state index in [1.807, 2.05) is 24.3 Å². The van der Waals surface area contributed by atoms with E-state index in [1.54, 1.807) is 0 Å². The summed E-state index contributed by atoms with van der Waals surface area (Å²) in [4.78, 5) is 12.8. The molecule has 0 bridgehead atoms. The van der Waals surface area contributed by atoms with Gasteiger partial charge in [-0.05, 0) is 97.7 Å². The van der Waals surface area contributed by atoms with Crippen molar-refractivity contribution in [3.05, 3.63) is 70.3 Å². The molecule has 0 spiro atoms. The van der Waals surface area contributed by atoms with E-state index in [4.69, 9.17) is 9.47 Å². The molecule has 1 atom stereocenters. The summed E-state index contributed by atoms with van der Waals surface area (Å²) in [6, 6.07) is 14.9. The van der Waals surface area contributed by atoms with E-state index in [9.17, 15) is 4.79 Å². The molecule has 2 fully saturated rings. The maximum Gasteiger partial charge on any atom is 0.251 e. The van der Waals surface area contributed by atoms with Crippen LogP contribution in [0.4, 0.5) is 0 Å². The van der Waals surface area contributed by atoms with Crippen molar-refractivity contribution in [2.75, 3.05) is 26.4 Å². The van der Waals surface area contributed by atoms with Gasteiger partial charge in [0.05, 0.1) is 6.61 Å². The highest BCUT2D eigenvalue weighted by molar-refractivity contribution is 5.94. The number of hydrogen-bond donors (Lipinski definition) is 2. The molecule has 2 aromatic rings. The van der Waals surface area contributed by atoms with Crippen LogP contribution in [0.2, 0.25) is 0 Å². The van der Waals surface area contributed by atoms with Gasteiger partial charge in [-0.2, -0.15) is 0 Å². The highest BCUT2D eigenvalue weighted by atomic mass is 16.5. The molecule has 182 valence electrons. The second kappa shape index (κ2) is 11.5. The molecular weight excluding hydrogens is 424 g/mol. The number of hydrogen-bond acceptors (Lipinski definition) is 4. The molecule has 0 aromatic heterocycles. The van der Waals surface area contributed by atoms with E-state index in [0.717, 1.165) is 75.1 Å². The standard InChI is InChI=1S/C29H38N2O3/c32-29(25-6-3-23(4-7-25)20-34-19-22-1-2-22)31-28-10-9-26-15-24(5-8-27(26)16-28)18-30-17-21-11-13-33-14-12-21/h3-8,15,21-22,28,30H,1-2,9-14,16-20H2,(H,31,32). The van der Waals surface area contributed by atoms with Gasteiger partial charge >= 0.3 is 0 Å². The number of fused-ring (bicyclic) bond motifs is 1. The molecule has 1 heterocycles. The first-order valence-corrected chi connectivity index (χ1v) is 13.1. The fourth-order valence-corrected chi connectivity index (χ4v) is 5.06. The summed E-state index contributed by atoms with van der Waals surface area (Å²) < 4.78 is 11.2. The van der Waals surface area contributed by atoms with Crippen LogP contribution in [0, 0.1) is 11.8 Å². The average molecular weight is 463 g/mol. The Labute approximate surface area is 203 Å². The summed E-state index contributed by atoms with van der Waals surface area (Å²) >= 11 is 0. The third-order valence-electron chi connectivity index (χ3n) is 7.47. The zero-order chi connectivity index (χ0) is 23.2. The van der Waals surface area contributed by atoms with Gasteiger partial charge in [-0.3, -0.25) is 4.79 Å². The second-order valence-electron chi connectivity index (χ2n) is 10.4. The third kappa shape index (κ3) is 6.68. The van der Waals surface area contributed by atoms with Gasteiger partial charge in [0.1, 0.15) is 0 Å². The van der Waals surface area contributed by atoms with Crippen LogP contribution in [-0.4, -0.2) is 38.3 Å². The van der Waals surface area contributed by atoms with Gasteiger partial charge in [0.25, 0.3) is 5.91 Å². The Balaban J connectivity index is 1.07. The molecule has 2 aromatic carbocycles. The van der Waals surface area contributed by atoms with Crippen LogP contribution >= 0.6 is 0 Å². The first-order chi connectivity index (χ1) is 16.7. The minimum absolute atomic E-state index is 0.0211. The van der Waals surface area contributed by atoms with Gasteiger partial charge in [-0.25, -0.2) is 0 Å². The molecule has 1 aliphatic heterocycles. The van der Waals surface area contributed by atoms with Crippen LogP contribution in [0.25, 0.3) is 0 Å². The Hall–Kier alpha value is -2.21. The molecule has 5 heteroatoms. The number of amides is 1. The van der Waals surface area contributed by atoms with Crippen LogP contribution in [-0.2, 0) is 35.5 Å². The van der Waals surface area contributed by atoms with Gasteiger partial charge in [0.15, 0.2) is 0 Å². The summed E-state index contributed by atoms with van der Waals surface area (Å²) in [5.41, 5.74) is 6.01. The lowest BCUT2D eigenvalue weighted by atomic mass is 9.87. The van der Waals surface area contributed by atoms with Gasteiger partial charge in [0, 0.05) is 38.0 Å². The minimum Gasteiger partial charge on any atom is -0.381 e. The topological polar surface area (TPSA) is 59.6 Å². The van der Waals surface area contributed by atoms with E-state index < -0.39 is 0 Å². The molecule has 1 unspecified atom stereocenters. The first-order valence-electron chi connectivity index (χ1n) is 13.1. The second-order valence-corrected chi connectivity index (χ2v) is 10.4. The van der Waals surface area contributed by atoms with Gasteiger partial charge < -0.3 is 20.1 Å². The van der Waals surface area contributed by atoms with Crippen LogP contribution in [0.5, 0.6) is 0 Å². The van der Waals surface area contributed by atoms with E-state index in [2.05, 4.69) is 28.8 Å². The van der Waals surface area contributed by atoms with Gasteiger partial charge in [0.2, 0.25) is 0 Å². The van der Waals surface area contributed by atoms with Crippen molar-refractivity contribution in [2.24, 2.45) is 11.8 Å². The summed E-state index contributed by atoms with van der Waals surface area (Å²) in [7, 11) is 0. The van der Waals surface area contributed by atoms with Crippen LogP contribution in [0.3, 0.4) is 0 Å². The Morgan fingerprint density at radius 3 is 2.50 bits per heavy atom. The lowest BCUT2D eigenvalue weighted by molar-refractivity contribution is 0.0662.